The molecule has 0 fully saturated rings. The molecule has 0 aliphatic carbocycles. The molecule has 0 saturated carbocycles. The van der Waals surface area contributed by atoms with Crippen LogP contribution in [0, 0.1) is 0 Å². The first-order valence-electron chi connectivity index (χ1n) is 8.69. The van der Waals surface area contributed by atoms with E-state index in [1.807, 2.05) is 0 Å². The minimum atomic E-state index is -4.84. The van der Waals surface area contributed by atoms with Gasteiger partial charge in [0.1, 0.15) is 31.7 Å². The molecule has 3 aromatic carbocycles. The molecule has 0 N–H and O–H groups in total. The van der Waals surface area contributed by atoms with Gasteiger partial charge in [0.2, 0.25) is 0 Å². The summed E-state index contributed by atoms with van der Waals surface area (Å²) in [6, 6.07) is 17.3. The van der Waals surface area contributed by atoms with Gasteiger partial charge in [-0.05, 0) is 48.1 Å². The van der Waals surface area contributed by atoms with Gasteiger partial charge >= 0.3 is 59.1 Å². The van der Waals surface area contributed by atoms with Crippen LogP contribution in [0.5, 0.6) is 11.5 Å². The number of ether oxygens (including phenoxy) is 2. The number of benzene rings is 3. The summed E-state index contributed by atoms with van der Waals surface area (Å²) in [4.78, 5) is -1.05. The maximum Gasteiger partial charge on any atom is 1.00 e. The molecule has 3 rings (SSSR count). The largest absolute Gasteiger partial charge is 1.00 e. The smallest absolute Gasteiger partial charge is 0.744 e. The van der Waals surface area contributed by atoms with Gasteiger partial charge in [-0.2, -0.15) is 0 Å². The Kier molecular flexibility index (Phi) is 11.5. The van der Waals surface area contributed by atoms with Crippen LogP contribution in [0.4, 0.5) is 0 Å². The fraction of sp³-hybridized carbons (Fsp3) is 0.100. The Balaban J connectivity index is 0.00000272. The summed E-state index contributed by atoms with van der Waals surface area (Å²) < 4.78 is 80.6. The van der Waals surface area contributed by atoms with Crippen molar-refractivity contribution in [3.05, 3.63) is 66.7 Å². The molecule has 3 aromatic rings. The predicted octanol–water partition coefficient (Wildman–Crippen LogP) is -4.72. The molecule has 0 aliphatic rings. The molecular formula is C20H17Na2O8PS2. The normalized spacial score (nSPS) is 11.3. The molecule has 0 amide bonds. The van der Waals surface area contributed by atoms with Gasteiger partial charge < -0.3 is 18.6 Å². The second-order valence-corrected chi connectivity index (χ2v) is 11.2. The van der Waals surface area contributed by atoms with Crippen LogP contribution >= 0.6 is 7.92 Å². The van der Waals surface area contributed by atoms with Crippen molar-refractivity contribution in [2.45, 2.75) is 9.79 Å². The van der Waals surface area contributed by atoms with Crippen molar-refractivity contribution in [1.82, 2.24) is 0 Å². The third-order valence-corrected chi connectivity index (χ3v) is 8.48. The van der Waals surface area contributed by atoms with Crippen LogP contribution in [-0.2, 0) is 20.2 Å². The van der Waals surface area contributed by atoms with Gasteiger partial charge in [-0.1, -0.05) is 42.5 Å². The van der Waals surface area contributed by atoms with Gasteiger partial charge in [-0.15, -0.1) is 0 Å². The van der Waals surface area contributed by atoms with E-state index >= 15 is 0 Å². The minimum Gasteiger partial charge on any atom is -0.744 e. The maximum absolute atomic E-state index is 11.8. The van der Waals surface area contributed by atoms with Gasteiger partial charge in [0.05, 0.1) is 24.0 Å². The summed E-state index contributed by atoms with van der Waals surface area (Å²) in [7, 11) is -8.71. The molecule has 33 heavy (non-hydrogen) atoms. The van der Waals surface area contributed by atoms with E-state index in [0.717, 1.165) is 5.30 Å². The monoisotopic (exact) mass is 526 g/mol. The number of methoxy groups -OCH3 is 2. The first-order valence-corrected chi connectivity index (χ1v) is 12.8. The van der Waals surface area contributed by atoms with E-state index in [9.17, 15) is 25.9 Å². The van der Waals surface area contributed by atoms with Crippen molar-refractivity contribution < 1.29 is 94.5 Å². The van der Waals surface area contributed by atoms with Crippen molar-refractivity contribution in [3.8, 4) is 11.5 Å². The molecule has 0 unspecified atom stereocenters. The minimum absolute atomic E-state index is 0. The van der Waals surface area contributed by atoms with Crippen LogP contribution in [-0.4, -0.2) is 40.2 Å². The van der Waals surface area contributed by atoms with Gasteiger partial charge in [-0.25, -0.2) is 16.8 Å². The summed E-state index contributed by atoms with van der Waals surface area (Å²) >= 11 is 0. The zero-order valence-corrected chi connectivity index (χ0v) is 24.9. The van der Waals surface area contributed by atoms with Crippen molar-refractivity contribution >= 4 is 44.1 Å². The molecule has 0 radical (unpaired) electrons. The van der Waals surface area contributed by atoms with Crippen LogP contribution in [0.2, 0.25) is 0 Å². The zero-order chi connectivity index (χ0) is 22.8. The van der Waals surface area contributed by atoms with Crippen molar-refractivity contribution in [2.75, 3.05) is 14.2 Å². The molecule has 0 aromatic heterocycles. The van der Waals surface area contributed by atoms with E-state index in [2.05, 4.69) is 0 Å². The summed E-state index contributed by atoms with van der Waals surface area (Å²) in [6.45, 7) is 0. The van der Waals surface area contributed by atoms with Gasteiger partial charge in [-0.3, -0.25) is 0 Å². The molecular weight excluding hydrogens is 509 g/mol. The number of hydrogen-bond acceptors (Lipinski definition) is 8. The molecule has 0 atom stereocenters. The van der Waals surface area contributed by atoms with E-state index in [1.165, 1.54) is 38.5 Å². The molecule has 0 saturated heterocycles. The Morgan fingerprint density at radius 2 is 1.03 bits per heavy atom. The molecule has 8 nitrogen and oxygen atoms in total. The van der Waals surface area contributed by atoms with Crippen molar-refractivity contribution in [2.24, 2.45) is 0 Å². The summed E-state index contributed by atoms with van der Waals surface area (Å²) in [5.41, 5.74) is 0. The van der Waals surface area contributed by atoms with Gasteiger partial charge in [0, 0.05) is 0 Å². The standard InChI is InChI=1S/C20H19O8PS2.2Na/c1-27-17-10-8-15(12-19(17)30(21,22)23)29(14-6-4-3-5-7-14)16-9-11-18(28-2)20(13-16)31(24,25)26;;/h3-13H,1-2H3,(H,21,22,23)(H,24,25,26);;/q;2*+1/p-2. The molecule has 13 heteroatoms. The fourth-order valence-corrected chi connectivity index (χ4v) is 6.87. The fourth-order valence-electron chi connectivity index (χ4n) is 3.02. The topological polar surface area (TPSA) is 133 Å². The Hall–Kier alpha value is -0.490. The Bertz CT molecular complexity index is 1230. The van der Waals surface area contributed by atoms with Crippen LogP contribution in [0.3, 0.4) is 0 Å². The first kappa shape index (κ1) is 30.5. The maximum atomic E-state index is 11.8. The van der Waals surface area contributed by atoms with Crippen molar-refractivity contribution in [3.63, 3.8) is 0 Å². The summed E-state index contributed by atoms with van der Waals surface area (Å²) in [5, 5.41) is 1.66. The summed E-state index contributed by atoms with van der Waals surface area (Å²) in [6.07, 6.45) is 0. The number of hydrogen-bond donors (Lipinski definition) is 0. The second-order valence-electron chi connectivity index (χ2n) is 6.25. The van der Waals surface area contributed by atoms with Gasteiger partial charge in [0.15, 0.2) is 0 Å². The van der Waals surface area contributed by atoms with E-state index in [1.54, 1.807) is 42.5 Å². The Morgan fingerprint density at radius 1 is 0.636 bits per heavy atom. The summed E-state index contributed by atoms with van der Waals surface area (Å²) in [5.74, 6) is -0.196. The molecule has 0 aliphatic heterocycles. The molecule has 164 valence electrons. The Morgan fingerprint density at radius 3 is 1.36 bits per heavy atom. The molecule has 0 bridgehead atoms. The van der Waals surface area contributed by atoms with E-state index in [-0.39, 0.29) is 70.6 Å². The predicted molar refractivity (Wildman–Crippen MR) is 114 cm³/mol. The first-order chi connectivity index (χ1) is 14.6. The molecule has 0 heterocycles. The average molecular weight is 526 g/mol. The SMILES string of the molecule is COc1ccc(P(c2ccccc2)c2ccc(OC)c(S(=O)(=O)[O-])c2)cc1S(=O)(=O)[O-].[Na+].[Na+]. The molecule has 0 spiro atoms. The van der Waals surface area contributed by atoms with Crippen LogP contribution in [0.25, 0.3) is 0 Å². The third kappa shape index (κ3) is 7.25. The van der Waals surface area contributed by atoms with Gasteiger partial charge in [0.25, 0.3) is 0 Å². The van der Waals surface area contributed by atoms with E-state index < -0.39 is 37.9 Å². The van der Waals surface area contributed by atoms with Crippen LogP contribution in [0.15, 0.2) is 76.5 Å². The quantitative estimate of drug-likeness (QED) is 0.170. The van der Waals surface area contributed by atoms with E-state index in [4.69, 9.17) is 9.47 Å². The second kappa shape index (κ2) is 12.5. The zero-order valence-electron chi connectivity index (χ0n) is 18.4. The number of rotatable bonds is 7. The third-order valence-electron chi connectivity index (χ3n) is 4.36. The van der Waals surface area contributed by atoms with E-state index in [0.29, 0.717) is 10.6 Å². The average Bonchev–Trinajstić information content (AvgIpc) is 2.73. The van der Waals surface area contributed by atoms with Crippen LogP contribution in [0.1, 0.15) is 0 Å². The van der Waals surface area contributed by atoms with Crippen molar-refractivity contribution in [1.29, 1.82) is 0 Å². The Labute approximate surface area is 238 Å². The van der Waals surface area contributed by atoms with Crippen LogP contribution < -0.4 is 84.5 Å².